The lowest BCUT2D eigenvalue weighted by Crippen LogP contribution is -2.62. The highest BCUT2D eigenvalue weighted by Gasteiger charge is 2.73. The average Bonchev–Trinajstić information content (AvgIpc) is 0.689. The fourth-order valence-corrected chi connectivity index (χ4v) is 37.8. The van der Waals surface area contributed by atoms with Gasteiger partial charge in [0.15, 0.2) is 28.8 Å². The number of nitriles is 1. The maximum absolute atomic E-state index is 13.6. The number of Topliss-reactive ketones (excluding diaryl/α,β-unsaturated/α-hetero) is 1. The third-order valence-corrected chi connectivity index (χ3v) is 49.9. The number of carbonyl (C=O) groups excluding carboxylic acids is 7. The zero-order valence-corrected chi connectivity index (χ0v) is 96.3. The average molecular weight is 2030 g/mol. The zero-order chi connectivity index (χ0) is 108. The van der Waals surface area contributed by atoms with Crippen molar-refractivity contribution >= 4 is 52.7 Å². The largest absolute Gasteiger partial charge is 0.504 e. The molecule has 0 bridgehead atoms. The number of esters is 2. The minimum Gasteiger partial charge on any atom is -0.504 e. The zero-order valence-electron chi connectivity index (χ0n) is 95.4. The van der Waals surface area contributed by atoms with E-state index >= 15 is 0 Å². The van der Waals surface area contributed by atoms with Crippen molar-refractivity contribution in [3.05, 3.63) is 204 Å². The van der Waals surface area contributed by atoms with Gasteiger partial charge in [0.05, 0.1) is 29.4 Å². The number of benzene rings is 2. The van der Waals surface area contributed by atoms with Crippen molar-refractivity contribution in [2.24, 2.45) is 127 Å². The van der Waals surface area contributed by atoms with Crippen LogP contribution in [-0.2, 0) is 39.0 Å². The molecule has 0 saturated heterocycles. The maximum Gasteiger partial charge on any atom is 0.308 e. The summed E-state index contributed by atoms with van der Waals surface area (Å²) in [4.78, 5) is 89.8. The number of amides is 1. The Balaban J connectivity index is 0.000000130. The number of carbonyl (C=O) groups is 7. The second-order valence-corrected chi connectivity index (χ2v) is 57.6. The summed E-state index contributed by atoms with van der Waals surface area (Å²) in [5.74, 6) is 1.13. The molecule has 26 atom stereocenters. The number of nitrogens with zero attached hydrogens (tertiary/aromatic N) is 1. The van der Waals surface area contributed by atoms with Crippen LogP contribution in [0.25, 0.3) is 0 Å². The molecule has 19 aliphatic rings. The molecule has 19 aliphatic carbocycles. The molecule has 0 radical (unpaired) electrons. The Morgan fingerprint density at radius 3 is 1.16 bits per heavy atom. The van der Waals surface area contributed by atoms with Gasteiger partial charge >= 0.3 is 11.9 Å². The molecule has 2 aromatic carbocycles. The Morgan fingerprint density at radius 1 is 0.426 bits per heavy atom. The highest BCUT2D eigenvalue weighted by atomic mass is 32.2. The van der Waals surface area contributed by atoms with Crippen LogP contribution in [0.1, 0.15) is 408 Å². The molecule has 0 spiro atoms. The first-order chi connectivity index (χ1) is 68.8. The predicted molar refractivity (Wildman–Crippen MR) is 591 cm³/mol. The van der Waals surface area contributed by atoms with E-state index in [-0.39, 0.29) is 151 Å². The topological polar surface area (TPSA) is 255 Å². The Labute approximate surface area is 890 Å². The Morgan fingerprint density at radius 2 is 0.777 bits per heavy atom. The molecule has 2 aromatic rings. The maximum atomic E-state index is 13.6. The third kappa shape index (κ3) is 16.1. The first-order valence-corrected chi connectivity index (χ1v) is 57.8. The SMILES string of the molecule is CC(=O)Oc1cc2c(cc1OC(C)=O)[C@]1(C)CC[C@@]3(C)[C@@H]4C[C@](C)(C#N)CC[C@]4(C)CC[C@]3(C)C1=CC2Sc1ccc(C)cc1.CC(=O)[C@]1(C)CC[C@]2(C)CC[C@]3(C)C4=CC=C5C(=CC(=O)C(O)=C5C)[C@]4(C)CC[C@@]3(C)[C@@H]2C1.CCC(CO)NC(=O)[C@]1(C)CC[C@]2(C)CC[C@]3(C)C4=CC=C5C(=CC(=O)C(O)=C5C)[C@]4(C)CC[C@@]3(C)[C@@H]2C1.CC[C@]1(C)CC[C@]2(C)CC[C@]3(C)C4=CC=C5C(=CC(=O)C(O)=C5C)[C@]4(C)CC[C@@]3(C)[C@@H]2C1. The van der Waals surface area contributed by atoms with Crippen LogP contribution < -0.4 is 14.8 Å². The van der Waals surface area contributed by atoms with Gasteiger partial charge in [0.25, 0.3) is 0 Å². The van der Waals surface area contributed by atoms with Crippen molar-refractivity contribution in [1.29, 1.82) is 5.26 Å². The summed E-state index contributed by atoms with van der Waals surface area (Å²) in [6.07, 6.45) is 54.1. The van der Waals surface area contributed by atoms with E-state index in [1.165, 1.54) is 92.4 Å². The van der Waals surface area contributed by atoms with Crippen LogP contribution >= 0.6 is 11.8 Å². The van der Waals surface area contributed by atoms with Crippen molar-refractivity contribution < 1.29 is 63.5 Å². The van der Waals surface area contributed by atoms with Gasteiger partial charge in [0.1, 0.15) is 5.78 Å². The number of ether oxygens (including phenoxy) is 2. The molecule has 5 N–H and O–H groups in total. The van der Waals surface area contributed by atoms with E-state index in [1.54, 1.807) is 30.7 Å². The Kier molecular flexibility index (Phi) is 26.7. The van der Waals surface area contributed by atoms with Crippen LogP contribution in [0.15, 0.2) is 192 Å². The molecular weight excluding hydrogens is 1850 g/mol. The molecule has 21 rings (SSSR count). The molecule has 0 aromatic heterocycles. The lowest BCUT2D eigenvalue weighted by atomic mass is 9.34. The fraction of sp³-hybridized carbons (Fsp3) is 0.652. The number of aliphatic hydroxyl groups excluding tert-OH is 4. The normalized spacial score (nSPS) is 43.0. The van der Waals surface area contributed by atoms with Gasteiger partial charge in [-0.3, -0.25) is 33.6 Å². The lowest BCUT2D eigenvalue weighted by molar-refractivity contribution is -0.169. The smallest absolute Gasteiger partial charge is 0.308 e. The molecule has 798 valence electrons. The number of aryl methyl sites for hydroxylation is 1. The van der Waals surface area contributed by atoms with Crippen molar-refractivity contribution in [2.75, 3.05) is 6.61 Å². The minimum atomic E-state index is -0.451. The van der Waals surface area contributed by atoms with Gasteiger partial charge in [-0.25, -0.2) is 0 Å². The molecule has 12 saturated carbocycles. The number of fused-ring (bicyclic) bond motifs is 28. The second kappa shape index (κ2) is 36.2. The van der Waals surface area contributed by atoms with E-state index in [2.05, 4.69) is 231 Å². The second-order valence-electron chi connectivity index (χ2n) is 56.4. The Hall–Kier alpha value is -8.65. The summed E-state index contributed by atoms with van der Waals surface area (Å²) in [5.41, 5.74) is 18.2. The first kappa shape index (κ1) is 109. The van der Waals surface area contributed by atoms with Crippen LogP contribution in [0.5, 0.6) is 11.5 Å². The van der Waals surface area contributed by atoms with Gasteiger partial charge in [-0.15, -0.1) is 11.8 Å². The quantitative estimate of drug-likeness (QED) is 0.0842. The van der Waals surface area contributed by atoms with Gasteiger partial charge in [0, 0.05) is 68.0 Å². The summed E-state index contributed by atoms with van der Waals surface area (Å²) in [5, 5.41) is 54.0. The number of allylic oxidation sites excluding steroid dienone is 22. The summed E-state index contributed by atoms with van der Waals surface area (Å²) in [7, 11) is 0. The van der Waals surface area contributed by atoms with E-state index in [0.29, 0.717) is 56.7 Å². The summed E-state index contributed by atoms with van der Waals surface area (Å²) < 4.78 is 11.3. The van der Waals surface area contributed by atoms with E-state index in [1.807, 2.05) is 51.6 Å². The number of nitrogens with one attached hydrogen (secondary N) is 1. The monoisotopic (exact) mass is 2030 g/mol. The molecule has 12 fully saturated rings. The van der Waals surface area contributed by atoms with Crippen LogP contribution in [0.2, 0.25) is 0 Å². The van der Waals surface area contributed by atoms with Gasteiger partial charge in [0.2, 0.25) is 23.3 Å². The van der Waals surface area contributed by atoms with Crippen molar-refractivity contribution in [2.45, 2.75) is 415 Å². The number of rotatable bonds is 10. The molecule has 15 nitrogen and oxygen atoms in total. The third-order valence-electron chi connectivity index (χ3n) is 48.7. The van der Waals surface area contributed by atoms with Crippen molar-refractivity contribution in [1.82, 2.24) is 5.32 Å². The van der Waals surface area contributed by atoms with Crippen molar-refractivity contribution in [3.63, 3.8) is 0 Å². The molecular formula is C132H176N2O13S. The Bertz CT molecular complexity index is 6490. The predicted octanol–water partition coefficient (Wildman–Crippen LogP) is 31.5. The van der Waals surface area contributed by atoms with Gasteiger partial charge in [-0.05, 0) is 409 Å². The minimum absolute atomic E-state index is 0.0161. The van der Waals surface area contributed by atoms with E-state index in [9.17, 15) is 59.2 Å². The number of ketones is 4. The van der Waals surface area contributed by atoms with E-state index < -0.39 is 17.4 Å². The lowest BCUT2D eigenvalue weighted by Gasteiger charge is -2.70. The van der Waals surface area contributed by atoms with Gasteiger partial charge in [-0.2, -0.15) is 5.26 Å². The number of hydrogen-bond acceptors (Lipinski definition) is 15. The molecule has 2 unspecified atom stereocenters. The number of thioether (sulfide) groups is 1. The summed E-state index contributed by atoms with van der Waals surface area (Å²) in [6, 6.07) is 15.1. The van der Waals surface area contributed by atoms with Crippen LogP contribution in [-0.4, -0.2) is 74.1 Å². The molecule has 148 heavy (non-hydrogen) atoms. The molecule has 1 amide bonds. The van der Waals surface area contributed by atoms with Crippen LogP contribution in [0.4, 0.5) is 0 Å². The van der Waals surface area contributed by atoms with E-state index in [4.69, 9.17) is 9.47 Å². The fourth-order valence-electron chi connectivity index (χ4n) is 36.7. The standard InChI is InChI=1S/C39H47NO4S.C33H47NO4.C30H40O3.C30H42O2/c1-24-9-11-27(12-10-24)45-32-21-33-37(6,29-20-31(44-26(3)42)30(19-28(29)32)43-25(2)41)16-18-39(8)34-22-35(4,23-40)13-14-36(34,5)15-17-38(33,39)7;1-8-21(19-35)34-28(38)30(4)12-11-29(3)13-15-32(6)25-10-9-22-20(2)27(37)24(36)17-23(22)31(25,5)14-16-33(32,7)26(29)18-30;1-18-20-8-9-23-28(5,21(20)16-22(32)25(18)33)13-15-30(7)24-17-27(4,19(2)31)11-10-26(24,3)12-14-29(23,30)6;1-8-26(3)11-12-27(4)13-15-29(6)23-10-9-20-19(2)25(32)22(31)17-21(20)28(23,5)14-16-30(29,7)24(27)18-26/h9-12,19-21,32,34H,13-18,22H2,1-8H3;9-10,17,21,26,35,37H,8,11-16,18-19H2,1-7H3,(H,34,38);8-9,16,24,33H,10-15,17H2,1-7H3;9-10,17,24,32H,8,11-16,18H2,1-7H3/t32?,34-,35-,36-,37+,38-,39+;21?,26-,29-,30-,31+,32-,33+;2*24-,26-,27-,28+,29-,30+/m1111/s1. The van der Waals surface area contributed by atoms with Gasteiger partial charge < -0.3 is 35.2 Å². The summed E-state index contributed by atoms with van der Waals surface area (Å²) >= 11 is 1.81. The highest BCUT2D eigenvalue weighted by molar-refractivity contribution is 7.99. The number of hydrogen-bond donors (Lipinski definition) is 5. The molecule has 0 aliphatic heterocycles. The molecule has 16 heteroatoms. The van der Waals surface area contributed by atoms with Crippen LogP contribution in [0.3, 0.4) is 0 Å². The highest BCUT2D eigenvalue weighted by Crippen LogP contribution is 2.82. The summed E-state index contributed by atoms with van der Waals surface area (Å²) in [6.45, 7) is 65.2. The van der Waals surface area contributed by atoms with Crippen molar-refractivity contribution in [3.8, 4) is 17.6 Å². The first-order valence-electron chi connectivity index (χ1n) is 57.0. The molecule has 0 heterocycles. The van der Waals surface area contributed by atoms with Crippen LogP contribution in [0, 0.1) is 145 Å². The van der Waals surface area contributed by atoms with E-state index in [0.717, 1.165) is 197 Å². The van der Waals surface area contributed by atoms with Gasteiger partial charge in [-0.1, -0.05) is 234 Å². The number of aliphatic hydroxyl groups is 4.